The first-order chi connectivity index (χ1) is 8.00. The monoisotopic (exact) mass is 226 g/mol. The zero-order chi connectivity index (χ0) is 11.3. The third-order valence-corrected chi connectivity index (χ3v) is 2.92. The standard InChI is InChI=1S/C14H26O2/c1-2-4-6-8-12-16-14-10-9-13-15-11-7-5-3-1/h9-10H,1-8,11-14H2. The summed E-state index contributed by atoms with van der Waals surface area (Å²) in [6, 6.07) is 0. The molecule has 0 N–H and O–H groups in total. The van der Waals surface area contributed by atoms with E-state index in [9.17, 15) is 0 Å². The van der Waals surface area contributed by atoms with Crippen LogP contribution in [-0.4, -0.2) is 26.4 Å². The van der Waals surface area contributed by atoms with Gasteiger partial charge in [-0.2, -0.15) is 0 Å². The summed E-state index contributed by atoms with van der Waals surface area (Å²) in [6.45, 7) is 3.29. The fraction of sp³-hybridized carbons (Fsp3) is 0.857. The summed E-state index contributed by atoms with van der Waals surface area (Å²) in [5, 5.41) is 0. The Hall–Kier alpha value is -0.340. The van der Waals surface area contributed by atoms with Gasteiger partial charge in [-0.25, -0.2) is 0 Å². The minimum atomic E-state index is 0.739. The van der Waals surface area contributed by atoms with E-state index in [0.29, 0.717) is 0 Å². The van der Waals surface area contributed by atoms with Crippen LogP contribution >= 0.6 is 0 Å². The minimum Gasteiger partial charge on any atom is -0.377 e. The summed E-state index contributed by atoms with van der Waals surface area (Å²) in [5.74, 6) is 0. The Labute approximate surface area is 100 Å². The van der Waals surface area contributed by atoms with Gasteiger partial charge in [0.05, 0.1) is 13.2 Å². The van der Waals surface area contributed by atoms with Crippen LogP contribution in [0.2, 0.25) is 0 Å². The maximum Gasteiger partial charge on any atom is 0.0648 e. The molecule has 2 heteroatoms. The summed E-state index contributed by atoms with van der Waals surface area (Å²) in [7, 11) is 0. The molecule has 1 rings (SSSR count). The lowest BCUT2D eigenvalue weighted by molar-refractivity contribution is 0.148. The first-order valence-electron chi connectivity index (χ1n) is 6.80. The molecule has 0 saturated heterocycles. The van der Waals surface area contributed by atoms with Gasteiger partial charge in [0, 0.05) is 13.2 Å². The second-order valence-electron chi connectivity index (χ2n) is 4.45. The lowest BCUT2D eigenvalue weighted by Crippen LogP contribution is -1.97. The predicted molar refractivity (Wildman–Crippen MR) is 67.7 cm³/mol. The molecule has 0 aromatic rings. The summed E-state index contributed by atoms with van der Waals surface area (Å²) < 4.78 is 11.0. The van der Waals surface area contributed by atoms with E-state index in [0.717, 1.165) is 26.4 Å². The Bertz CT molecular complexity index is 148. The first kappa shape index (κ1) is 13.7. The number of hydrogen-bond acceptors (Lipinski definition) is 2. The van der Waals surface area contributed by atoms with Crippen molar-refractivity contribution in [1.29, 1.82) is 0 Å². The van der Waals surface area contributed by atoms with E-state index in [1.807, 2.05) is 0 Å². The van der Waals surface area contributed by atoms with Gasteiger partial charge in [0.25, 0.3) is 0 Å². The van der Waals surface area contributed by atoms with Crippen molar-refractivity contribution in [1.82, 2.24) is 0 Å². The van der Waals surface area contributed by atoms with Crippen LogP contribution in [0.25, 0.3) is 0 Å². The third kappa shape index (κ3) is 8.93. The Balaban J connectivity index is 2.07. The van der Waals surface area contributed by atoms with Gasteiger partial charge in [-0.3, -0.25) is 0 Å². The van der Waals surface area contributed by atoms with Gasteiger partial charge in [-0.05, 0) is 12.8 Å². The highest BCUT2D eigenvalue weighted by atomic mass is 16.5. The molecule has 16 heavy (non-hydrogen) atoms. The zero-order valence-electron chi connectivity index (χ0n) is 10.5. The lowest BCUT2D eigenvalue weighted by atomic mass is 10.1. The van der Waals surface area contributed by atoms with Gasteiger partial charge in [0.1, 0.15) is 0 Å². The van der Waals surface area contributed by atoms with Crippen molar-refractivity contribution in [2.45, 2.75) is 51.4 Å². The smallest absolute Gasteiger partial charge is 0.0648 e. The molecule has 0 saturated carbocycles. The normalized spacial score (nSPS) is 23.0. The van der Waals surface area contributed by atoms with Crippen LogP contribution in [0.5, 0.6) is 0 Å². The maximum atomic E-state index is 5.49. The van der Waals surface area contributed by atoms with Crippen molar-refractivity contribution in [2.24, 2.45) is 0 Å². The molecule has 1 aliphatic heterocycles. The average Bonchev–Trinajstić information content (AvgIpc) is 2.29. The van der Waals surface area contributed by atoms with E-state index in [1.165, 1.54) is 51.4 Å². The topological polar surface area (TPSA) is 18.5 Å². The third-order valence-electron chi connectivity index (χ3n) is 2.92. The summed E-state index contributed by atoms with van der Waals surface area (Å²) in [6.07, 6.45) is 14.7. The van der Waals surface area contributed by atoms with Gasteiger partial charge in [0.2, 0.25) is 0 Å². The number of rotatable bonds is 0. The van der Waals surface area contributed by atoms with E-state index < -0.39 is 0 Å². The van der Waals surface area contributed by atoms with Crippen LogP contribution in [0.3, 0.4) is 0 Å². The van der Waals surface area contributed by atoms with E-state index in [2.05, 4.69) is 12.2 Å². The number of hydrogen-bond donors (Lipinski definition) is 0. The van der Waals surface area contributed by atoms with E-state index in [-0.39, 0.29) is 0 Å². The quantitative estimate of drug-likeness (QED) is 0.586. The van der Waals surface area contributed by atoms with Crippen molar-refractivity contribution in [2.75, 3.05) is 26.4 Å². The van der Waals surface area contributed by atoms with Crippen LogP contribution in [0.1, 0.15) is 51.4 Å². The molecular formula is C14H26O2. The Morgan fingerprint density at radius 3 is 1.31 bits per heavy atom. The molecule has 0 amide bonds. The molecule has 0 spiro atoms. The molecular weight excluding hydrogens is 200 g/mol. The maximum absolute atomic E-state index is 5.49. The molecule has 0 aromatic heterocycles. The molecule has 0 fully saturated rings. The highest BCUT2D eigenvalue weighted by molar-refractivity contribution is 4.81. The second-order valence-corrected chi connectivity index (χ2v) is 4.45. The first-order valence-corrected chi connectivity index (χ1v) is 6.80. The average molecular weight is 226 g/mol. The summed E-state index contributed by atoms with van der Waals surface area (Å²) in [5.41, 5.74) is 0. The van der Waals surface area contributed by atoms with Crippen molar-refractivity contribution >= 4 is 0 Å². The van der Waals surface area contributed by atoms with Crippen LogP contribution in [0, 0.1) is 0 Å². The van der Waals surface area contributed by atoms with Crippen molar-refractivity contribution < 1.29 is 9.47 Å². The summed E-state index contributed by atoms with van der Waals surface area (Å²) in [4.78, 5) is 0. The van der Waals surface area contributed by atoms with E-state index >= 15 is 0 Å². The van der Waals surface area contributed by atoms with Crippen LogP contribution in [0.4, 0.5) is 0 Å². The van der Waals surface area contributed by atoms with Crippen molar-refractivity contribution in [3.8, 4) is 0 Å². The SMILES string of the molecule is C1=CCOCCCCCCCCCCOC1. The highest BCUT2D eigenvalue weighted by Crippen LogP contribution is 2.08. The molecule has 0 unspecified atom stereocenters. The van der Waals surface area contributed by atoms with Crippen molar-refractivity contribution in [3.63, 3.8) is 0 Å². The van der Waals surface area contributed by atoms with Gasteiger partial charge >= 0.3 is 0 Å². The molecule has 2 nitrogen and oxygen atoms in total. The van der Waals surface area contributed by atoms with Crippen LogP contribution < -0.4 is 0 Å². The van der Waals surface area contributed by atoms with E-state index in [4.69, 9.17) is 9.47 Å². The molecule has 94 valence electrons. The highest BCUT2D eigenvalue weighted by Gasteiger charge is 1.94. The molecule has 1 heterocycles. The lowest BCUT2D eigenvalue weighted by Gasteiger charge is -2.05. The fourth-order valence-corrected chi connectivity index (χ4v) is 1.91. The molecule has 0 bridgehead atoms. The number of ether oxygens (including phenoxy) is 2. The minimum absolute atomic E-state index is 0.739. The van der Waals surface area contributed by atoms with Gasteiger partial charge in [-0.1, -0.05) is 50.7 Å². The van der Waals surface area contributed by atoms with E-state index in [1.54, 1.807) is 0 Å². The zero-order valence-corrected chi connectivity index (χ0v) is 10.5. The van der Waals surface area contributed by atoms with Crippen molar-refractivity contribution in [3.05, 3.63) is 12.2 Å². The molecule has 0 aliphatic carbocycles. The Morgan fingerprint density at radius 2 is 0.875 bits per heavy atom. The summed E-state index contributed by atoms with van der Waals surface area (Å²) >= 11 is 0. The van der Waals surface area contributed by atoms with Gasteiger partial charge < -0.3 is 9.47 Å². The predicted octanol–water partition coefficient (Wildman–Crippen LogP) is 3.71. The van der Waals surface area contributed by atoms with Crippen LogP contribution in [0.15, 0.2) is 12.2 Å². The largest absolute Gasteiger partial charge is 0.377 e. The Kier molecular flexibility index (Phi) is 9.57. The van der Waals surface area contributed by atoms with Crippen LogP contribution in [-0.2, 0) is 9.47 Å². The molecule has 0 radical (unpaired) electrons. The second kappa shape index (κ2) is 11.2. The van der Waals surface area contributed by atoms with Gasteiger partial charge in [0.15, 0.2) is 0 Å². The molecule has 0 atom stereocenters. The van der Waals surface area contributed by atoms with Gasteiger partial charge in [-0.15, -0.1) is 0 Å². The molecule has 0 aromatic carbocycles. The fourth-order valence-electron chi connectivity index (χ4n) is 1.91. The Morgan fingerprint density at radius 1 is 0.500 bits per heavy atom. The molecule has 1 aliphatic rings.